The summed E-state index contributed by atoms with van der Waals surface area (Å²) in [5.41, 5.74) is 2.66. The number of hydrogen-bond acceptors (Lipinski definition) is 8. The van der Waals surface area contributed by atoms with Gasteiger partial charge in [0.1, 0.15) is 16.4 Å². The van der Waals surface area contributed by atoms with Crippen LogP contribution in [0.15, 0.2) is 46.7 Å². The molecule has 2 aliphatic rings. The van der Waals surface area contributed by atoms with Crippen molar-refractivity contribution in [3.8, 4) is 0 Å². The molecule has 2 saturated heterocycles. The number of ether oxygens (including phenoxy) is 1. The first kappa shape index (κ1) is 18.0. The van der Waals surface area contributed by atoms with Crippen molar-refractivity contribution in [2.75, 3.05) is 31.2 Å². The Morgan fingerprint density at radius 2 is 1.97 bits per heavy atom. The van der Waals surface area contributed by atoms with Gasteiger partial charge in [-0.25, -0.2) is 19.9 Å². The SMILES string of the molecule is c1cc(Sc2ccc3nc(N4CCC5(CCOC5)CC4)cnc3n2)c2cn[nH]c2n1. The van der Waals surface area contributed by atoms with Crippen molar-refractivity contribution in [3.63, 3.8) is 0 Å². The second-order valence-corrected chi connectivity index (χ2v) is 9.12. The Morgan fingerprint density at radius 1 is 1.03 bits per heavy atom. The molecule has 0 saturated carbocycles. The van der Waals surface area contributed by atoms with Crippen molar-refractivity contribution >= 4 is 39.8 Å². The lowest BCUT2D eigenvalue weighted by atomic mass is 9.78. The molecule has 0 radical (unpaired) electrons. The highest BCUT2D eigenvalue weighted by molar-refractivity contribution is 7.99. The maximum Gasteiger partial charge on any atom is 0.179 e. The third kappa shape index (κ3) is 3.18. The van der Waals surface area contributed by atoms with Gasteiger partial charge in [0.25, 0.3) is 0 Å². The lowest BCUT2D eigenvalue weighted by Crippen LogP contribution is -2.40. The Morgan fingerprint density at radius 3 is 2.83 bits per heavy atom. The summed E-state index contributed by atoms with van der Waals surface area (Å²) in [4.78, 5) is 21.8. The van der Waals surface area contributed by atoms with Crippen molar-refractivity contribution in [2.24, 2.45) is 5.41 Å². The van der Waals surface area contributed by atoms with E-state index in [0.29, 0.717) is 11.1 Å². The molecule has 0 aliphatic carbocycles. The van der Waals surface area contributed by atoms with E-state index in [2.05, 4.69) is 25.1 Å². The number of piperidine rings is 1. The molecule has 0 aromatic carbocycles. The van der Waals surface area contributed by atoms with Gasteiger partial charge in [0.05, 0.1) is 24.4 Å². The fourth-order valence-corrected chi connectivity index (χ4v) is 5.25. The van der Waals surface area contributed by atoms with Gasteiger partial charge in [0, 0.05) is 30.8 Å². The number of hydrogen-bond donors (Lipinski definition) is 1. The van der Waals surface area contributed by atoms with Crippen LogP contribution >= 0.6 is 11.8 Å². The summed E-state index contributed by atoms with van der Waals surface area (Å²) in [7, 11) is 0. The van der Waals surface area contributed by atoms with Gasteiger partial charge in [-0.3, -0.25) is 5.10 Å². The predicted molar refractivity (Wildman–Crippen MR) is 115 cm³/mol. The first-order chi connectivity index (χ1) is 14.8. The summed E-state index contributed by atoms with van der Waals surface area (Å²) < 4.78 is 5.64. The summed E-state index contributed by atoms with van der Waals surface area (Å²) >= 11 is 1.58. The molecule has 8 nitrogen and oxygen atoms in total. The Balaban J connectivity index is 1.23. The van der Waals surface area contributed by atoms with Crippen LogP contribution in [-0.2, 0) is 4.74 Å². The van der Waals surface area contributed by atoms with E-state index < -0.39 is 0 Å². The molecule has 0 bridgehead atoms. The Kier molecular flexibility index (Phi) is 4.31. The second-order valence-electron chi connectivity index (χ2n) is 8.05. The molecule has 0 amide bonds. The van der Waals surface area contributed by atoms with E-state index in [9.17, 15) is 0 Å². The number of H-pyrrole nitrogens is 1. The first-order valence-electron chi connectivity index (χ1n) is 10.2. The van der Waals surface area contributed by atoms with Gasteiger partial charge in [0.2, 0.25) is 0 Å². The van der Waals surface area contributed by atoms with Crippen molar-refractivity contribution in [3.05, 3.63) is 36.8 Å². The molecular weight excluding hydrogens is 398 g/mol. The van der Waals surface area contributed by atoms with E-state index in [1.54, 1.807) is 24.2 Å². The molecule has 4 aromatic rings. The maximum atomic E-state index is 5.64. The Labute approximate surface area is 177 Å². The summed E-state index contributed by atoms with van der Waals surface area (Å²) in [6.45, 7) is 3.84. The number of aromatic nitrogens is 6. The van der Waals surface area contributed by atoms with Gasteiger partial charge in [-0.05, 0) is 42.9 Å². The van der Waals surface area contributed by atoms with Crippen LogP contribution in [0.1, 0.15) is 19.3 Å². The summed E-state index contributed by atoms with van der Waals surface area (Å²) in [5, 5.41) is 8.84. The van der Waals surface area contributed by atoms with E-state index in [0.717, 1.165) is 71.4 Å². The molecule has 152 valence electrons. The average Bonchev–Trinajstić information content (AvgIpc) is 3.44. The molecule has 9 heteroatoms. The molecular formula is C21H21N7OS. The molecule has 0 atom stereocenters. The Hall–Kier alpha value is -2.78. The second kappa shape index (κ2) is 7.17. The van der Waals surface area contributed by atoms with Crippen LogP contribution in [0.3, 0.4) is 0 Å². The van der Waals surface area contributed by atoms with E-state index in [4.69, 9.17) is 14.7 Å². The van der Waals surface area contributed by atoms with Crippen molar-refractivity contribution < 1.29 is 4.74 Å². The fraction of sp³-hybridized carbons (Fsp3) is 0.381. The number of fused-ring (bicyclic) bond motifs is 2. The minimum Gasteiger partial charge on any atom is -0.381 e. The minimum atomic E-state index is 0.391. The van der Waals surface area contributed by atoms with Crippen molar-refractivity contribution in [2.45, 2.75) is 29.2 Å². The highest BCUT2D eigenvalue weighted by Gasteiger charge is 2.38. The quantitative estimate of drug-likeness (QED) is 0.540. The van der Waals surface area contributed by atoms with Crippen LogP contribution in [0.2, 0.25) is 0 Å². The standard InChI is InChI=1S/C21H21N7OS/c1-2-18(30-16-3-7-22-19-14(16)11-24-27-19)26-20-15(1)25-17(12-23-20)28-8-4-21(5-9-28)6-10-29-13-21/h1-3,7,11-12H,4-6,8-10,13H2,(H,22,24,27). The van der Waals surface area contributed by atoms with E-state index >= 15 is 0 Å². The number of rotatable bonds is 3. The van der Waals surface area contributed by atoms with E-state index in [1.165, 1.54) is 6.42 Å². The van der Waals surface area contributed by atoms with Gasteiger partial charge in [-0.1, -0.05) is 11.8 Å². The van der Waals surface area contributed by atoms with Gasteiger partial charge in [-0.15, -0.1) is 0 Å². The van der Waals surface area contributed by atoms with Crippen LogP contribution in [0.5, 0.6) is 0 Å². The van der Waals surface area contributed by atoms with Crippen LogP contribution in [-0.4, -0.2) is 56.4 Å². The summed E-state index contributed by atoms with van der Waals surface area (Å²) in [5.74, 6) is 0.938. The maximum absolute atomic E-state index is 5.64. The molecule has 2 fully saturated rings. The number of pyridine rings is 2. The lowest BCUT2D eigenvalue weighted by molar-refractivity contribution is 0.133. The number of nitrogens with one attached hydrogen (secondary N) is 1. The fourth-order valence-electron chi connectivity index (χ4n) is 4.37. The third-order valence-corrected chi connectivity index (χ3v) is 7.24. The zero-order valence-corrected chi connectivity index (χ0v) is 17.2. The van der Waals surface area contributed by atoms with Crippen LogP contribution in [0.4, 0.5) is 5.82 Å². The largest absolute Gasteiger partial charge is 0.381 e. The summed E-state index contributed by atoms with van der Waals surface area (Å²) in [6, 6.07) is 5.98. The number of aromatic amines is 1. The summed E-state index contributed by atoms with van der Waals surface area (Å²) in [6.07, 6.45) is 8.93. The molecule has 0 unspecified atom stereocenters. The zero-order chi connectivity index (χ0) is 20.0. The number of anilines is 1. The smallest absolute Gasteiger partial charge is 0.179 e. The monoisotopic (exact) mass is 419 g/mol. The van der Waals surface area contributed by atoms with E-state index in [1.807, 2.05) is 24.4 Å². The molecule has 1 spiro atoms. The van der Waals surface area contributed by atoms with Crippen molar-refractivity contribution in [1.82, 2.24) is 30.1 Å². The topological polar surface area (TPSA) is 92.7 Å². The normalized spacial score (nSPS) is 18.6. The van der Waals surface area contributed by atoms with Crippen LogP contribution < -0.4 is 4.90 Å². The van der Waals surface area contributed by atoms with E-state index in [-0.39, 0.29) is 0 Å². The third-order valence-electron chi connectivity index (χ3n) is 6.23. The van der Waals surface area contributed by atoms with Gasteiger partial charge in [0.15, 0.2) is 11.3 Å². The van der Waals surface area contributed by atoms with Gasteiger partial charge >= 0.3 is 0 Å². The van der Waals surface area contributed by atoms with Gasteiger partial charge < -0.3 is 9.64 Å². The highest BCUT2D eigenvalue weighted by Crippen LogP contribution is 2.40. The molecule has 1 N–H and O–H groups in total. The van der Waals surface area contributed by atoms with Gasteiger partial charge in [-0.2, -0.15) is 5.10 Å². The van der Waals surface area contributed by atoms with Crippen LogP contribution in [0, 0.1) is 5.41 Å². The predicted octanol–water partition coefficient (Wildman–Crippen LogP) is 3.45. The average molecular weight is 420 g/mol. The minimum absolute atomic E-state index is 0.391. The zero-order valence-electron chi connectivity index (χ0n) is 16.4. The Bertz CT molecular complexity index is 1210. The first-order valence-corrected chi connectivity index (χ1v) is 11.0. The lowest BCUT2D eigenvalue weighted by Gasteiger charge is -2.38. The van der Waals surface area contributed by atoms with Crippen LogP contribution in [0.25, 0.3) is 22.2 Å². The highest BCUT2D eigenvalue weighted by atomic mass is 32.2. The van der Waals surface area contributed by atoms with Crippen molar-refractivity contribution in [1.29, 1.82) is 0 Å². The molecule has 30 heavy (non-hydrogen) atoms. The molecule has 6 rings (SSSR count). The molecule has 6 heterocycles. The molecule has 2 aliphatic heterocycles. The molecule has 4 aromatic heterocycles. The number of nitrogens with zero attached hydrogens (tertiary/aromatic N) is 6.